The molecule has 0 aliphatic carbocycles. The van der Waals surface area contributed by atoms with E-state index in [2.05, 4.69) is 33.6 Å². The number of hydrogen-bond donors (Lipinski definition) is 0. The molecule has 0 heterocycles. The first-order valence-electron chi connectivity index (χ1n) is 34.4. The molecule has 21 heteroatoms. The van der Waals surface area contributed by atoms with Crippen molar-refractivity contribution in [2.75, 3.05) is 40.6 Å². The van der Waals surface area contributed by atoms with Crippen molar-refractivity contribution < 1.29 is 80.9 Å². The molecule has 21 nitrogen and oxygen atoms in total. The van der Waals surface area contributed by atoms with E-state index in [0.29, 0.717) is 71.7 Å². The van der Waals surface area contributed by atoms with Crippen molar-refractivity contribution in [1.82, 2.24) is 0 Å². The molecule has 10 rings (SSSR count). The van der Waals surface area contributed by atoms with Crippen molar-refractivity contribution in [3.8, 4) is 45.6 Å². The third kappa shape index (κ3) is 22.1. The Kier molecular flexibility index (Phi) is 28.0. The highest BCUT2D eigenvalue weighted by Crippen LogP contribution is 2.46. The summed E-state index contributed by atoms with van der Waals surface area (Å²) in [5.41, 5.74) is 5.16. The number of nitrogens with zero attached hydrogens (tertiary/aromatic N) is 4. The number of carbonyl (C=O) groups is 7. The van der Waals surface area contributed by atoms with E-state index in [1.54, 1.807) is 97.2 Å². The van der Waals surface area contributed by atoms with E-state index in [1.165, 1.54) is 57.1 Å². The minimum Gasteiger partial charge on any atom is -0.494 e. The topological polar surface area (TPSA) is 261 Å². The molecule has 10 aromatic rings. The predicted molar refractivity (Wildman–Crippen MR) is 408 cm³/mol. The Hall–Kier alpha value is -13.4. The summed E-state index contributed by atoms with van der Waals surface area (Å²) in [5.74, 6) is -2.37. The van der Waals surface area contributed by atoms with Crippen LogP contribution in [0.4, 0.5) is 0 Å². The smallest absolute Gasteiger partial charge is 0.343 e. The first kappa shape index (κ1) is 76.2. The fraction of sp³-hybridized carbons (Fsp3) is 0.174. The first-order chi connectivity index (χ1) is 52.3. The molecule has 542 valence electrons. The van der Waals surface area contributed by atoms with Crippen molar-refractivity contribution in [3.05, 3.63) is 287 Å². The zero-order valence-corrected chi connectivity index (χ0v) is 58.9. The highest BCUT2D eigenvalue weighted by molar-refractivity contribution is 6.11. The maximum atomic E-state index is 14.3. The van der Waals surface area contributed by atoms with Gasteiger partial charge >= 0.3 is 41.8 Å². The Morgan fingerprint density at radius 2 is 0.748 bits per heavy atom. The summed E-state index contributed by atoms with van der Waals surface area (Å²) in [5, 5.41) is 20.4. The molecular weight excluding hydrogens is 1360 g/mol. The van der Waals surface area contributed by atoms with Gasteiger partial charge in [-0.1, -0.05) is 110 Å². The minimum absolute atomic E-state index is 0.00143. The second-order valence-electron chi connectivity index (χ2n) is 23.9. The average molecular weight is 1440 g/mol. The minimum atomic E-state index is -0.741. The number of ether oxygens (including phenoxy) is 10. The van der Waals surface area contributed by atoms with Gasteiger partial charge in [0.25, 0.3) is 0 Å². The van der Waals surface area contributed by atoms with Crippen molar-refractivity contribution in [1.29, 1.82) is 0 Å². The summed E-state index contributed by atoms with van der Waals surface area (Å²) in [6.07, 6.45) is 14.8. The highest BCUT2D eigenvalue weighted by Gasteiger charge is 2.24. The standard InChI is InChI=1S/C86H76N4O17/c1-5-78(91)102-48-17-9-7-15-46-100-68-38-32-65(33-39-68)82(93)105-74-42-30-61(51-72(74)85(96)98-3)55-89-87-53-58-26-28-59(29-27-58)57-104-76-44-36-63-21-11-13-24-70(63)80(76)81-71-25-14-12-22-64(71)37-45-77(81)107-84(95)67-23-19-20-60(50-67)54-88-90-56-62-31-43-75(73(52-62)86(97)99-4)106-83(94)66-34-40-69(41-35-66)101-47-16-8-10-18-49-103-79(92)6-2/h5-6,11-14,19-45,50-56H,1-2,7-10,15-18,46-49,57H2,3-4H3/b87-53+,88-54+,89-55+,90-56+. The Bertz CT molecular complexity index is 4970. The van der Waals surface area contributed by atoms with Crippen molar-refractivity contribution in [2.45, 2.75) is 58.0 Å². The second kappa shape index (κ2) is 39.3. The first-order valence-corrected chi connectivity index (χ1v) is 34.4. The third-order valence-electron chi connectivity index (χ3n) is 16.5. The normalized spacial score (nSPS) is 11.2. The maximum Gasteiger partial charge on any atom is 0.343 e. The number of rotatable bonds is 36. The number of unbranched alkanes of at least 4 members (excludes halogenated alkanes) is 6. The van der Waals surface area contributed by atoms with Crippen molar-refractivity contribution >= 4 is 88.2 Å². The quantitative estimate of drug-likeness (QED) is 0.00672. The van der Waals surface area contributed by atoms with Crippen LogP contribution in [-0.2, 0) is 35.1 Å². The molecule has 0 atom stereocenters. The molecule has 0 unspecified atom stereocenters. The highest BCUT2D eigenvalue weighted by atomic mass is 16.6. The van der Waals surface area contributed by atoms with Crippen LogP contribution < -0.4 is 28.4 Å². The van der Waals surface area contributed by atoms with Gasteiger partial charge in [-0.2, -0.15) is 20.4 Å². The Morgan fingerprint density at radius 3 is 1.22 bits per heavy atom. The SMILES string of the molecule is C=CC(=O)OCCCCCCOc1ccc(C(=O)Oc2ccc(/C=N/N=C/c3ccc(COc4ccc5ccccc5c4-c4c(OC(=O)c5cccc(/C=N/N=C/c6ccc(OC(=O)c7ccc(OCCCCCCOC(=O)C=C)cc7)c(C(=O)OC)c6)c5)ccc5ccccc45)cc3)cc2C(=O)OC)cc1. The maximum absolute atomic E-state index is 14.3. The van der Waals surface area contributed by atoms with Gasteiger partial charge < -0.3 is 47.4 Å². The van der Waals surface area contributed by atoms with Gasteiger partial charge in [0.05, 0.1) is 82.2 Å². The summed E-state index contributed by atoms with van der Waals surface area (Å²) < 4.78 is 56.0. The van der Waals surface area contributed by atoms with Crippen LogP contribution in [-0.4, -0.2) is 107 Å². The Labute approximate surface area is 618 Å². The van der Waals surface area contributed by atoms with Crippen LogP contribution in [0.1, 0.15) is 131 Å². The predicted octanol–water partition coefficient (Wildman–Crippen LogP) is 16.7. The largest absolute Gasteiger partial charge is 0.494 e. The third-order valence-corrected chi connectivity index (χ3v) is 16.5. The Balaban J connectivity index is 0.749. The van der Waals surface area contributed by atoms with Crippen LogP contribution in [0.3, 0.4) is 0 Å². The molecule has 0 aliphatic rings. The number of esters is 7. The van der Waals surface area contributed by atoms with Crippen molar-refractivity contribution in [3.63, 3.8) is 0 Å². The van der Waals surface area contributed by atoms with Crippen LogP contribution in [0, 0.1) is 0 Å². The lowest BCUT2D eigenvalue weighted by molar-refractivity contribution is -0.138. The molecule has 0 bridgehead atoms. The molecule has 10 aromatic carbocycles. The molecule has 0 N–H and O–H groups in total. The van der Waals surface area contributed by atoms with Gasteiger partial charge in [-0.05, 0) is 210 Å². The zero-order valence-electron chi connectivity index (χ0n) is 58.9. The van der Waals surface area contributed by atoms with Crippen LogP contribution in [0.2, 0.25) is 0 Å². The van der Waals surface area contributed by atoms with Crippen LogP contribution in [0.15, 0.2) is 252 Å². The average Bonchev–Trinajstić information content (AvgIpc) is 0.751. The molecule has 0 amide bonds. The van der Waals surface area contributed by atoms with Crippen molar-refractivity contribution in [2.24, 2.45) is 20.4 Å². The molecule has 0 saturated carbocycles. The number of fused-ring (bicyclic) bond motifs is 2. The molecule has 0 aromatic heterocycles. The Morgan fingerprint density at radius 1 is 0.346 bits per heavy atom. The van der Waals surface area contributed by atoms with E-state index in [4.69, 9.17) is 47.4 Å². The molecule has 0 fully saturated rings. The number of methoxy groups -OCH3 is 2. The molecule has 0 spiro atoms. The number of carbonyl (C=O) groups excluding carboxylic acids is 7. The van der Waals surface area contributed by atoms with Gasteiger partial charge in [-0.15, -0.1) is 0 Å². The van der Waals surface area contributed by atoms with Gasteiger partial charge in [-0.25, -0.2) is 33.6 Å². The summed E-state index contributed by atoms with van der Waals surface area (Å²) >= 11 is 0. The van der Waals surface area contributed by atoms with E-state index in [1.807, 2.05) is 91.0 Å². The zero-order chi connectivity index (χ0) is 75.1. The molecular formula is C86H76N4O17. The molecule has 0 radical (unpaired) electrons. The lowest BCUT2D eigenvalue weighted by Gasteiger charge is -2.19. The van der Waals surface area contributed by atoms with Gasteiger partial charge in [0.2, 0.25) is 0 Å². The van der Waals surface area contributed by atoms with Crippen LogP contribution >= 0.6 is 0 Å². The summed E-state index contributed by atoms with van der Waals surface area (Å²) in [7, 11) is 2.45. The van der Waals surface area contributed by atoms with Crippen LogP contribution in [0.25, 0.3) is 32.7 Å². The fourth-order valence-corrected chi connectivity index (χ4v) is 11.0. The lowest BCUT2D eigenvalue weighted by atomic mass is 9.92. The lowest BCUT2D eigenvalue weighted by Crippen LogP contribution is -2.12. The van der Waals surface area contributed by atoms with Gasteiger partial charge in [0.1, 0.15) is 52.2 Å². The second-order valence-corrected chi connectivity index (χ2v) is 23.9. The van der Waals surface area contributed by atoms with Crippen LogP contribution in [0.5, 0.6) is 34.5 Å². The van der Waals surface area contributed by atoms with E-state index >= 15 is 0 Å². The van der Waals surface area contributed by atoms with E-state index in [9.17, 15) is 33.6 Å². The van der Waals surface area contributed by atoms with Gasteiger partial charge in [0, 0.05) is 23.3 Å². The van der Waals surface area contributed by atoms with Gasteiger partial charge in [-0.3, -0.25) is 0 Å². The monoisotopic (exact) mass is 1440 g/mol. The fourth-order valence-electron chi connectivity index (χ4n) is 11.0. The molecule has 0 saturated heterocycles. The van der Waals surface area contributed by atoms with E-state index in [0.717, 1.165) is 102 Å². The number of benzene rings is 10. The summed E-state index contributed by atoms with van der Waals surface area (Å²) in [4.78, 5) is 89.0. The molecule has 0 aliphatic heterocycles. The van der Waals surface area contributed by atoms with Gasteiger partial charge in [0.15, 0.2) is 0 Å². The van der Waals surface area contributed by atoms with E-state index < -0.39 is 41.8 Å². The van der Waals surface area contributed by atoms with E-state index in [-0.39, 0.29) is 45.9 Å². The number of hydrogen-bond acceptors (Lipinski definition) is 21. The summed E-state index contributed by atoms with van der Waals surface area (Å²) in [6.45, 7) is 8.57. The molecule has 107 heavy (non-hydrogen) atoms. The summed E-state index contributed by atoms with van der Waals surface area (Å²) in [6, 6.07) is 59.7.